The van der Waals surface area contributed by atoms with Crippen molar-refractivity contribution >= 4 is 21.7 Å². The van der Waals surface area contributed by atoms with E-state index in [0.29, 0.717) is 37.7 Å². The Morgan fingerprint density at radius 2 is 1.33 bits per heavy atom. The number of benzene rings is 1. The third kappa shape index (κ3) is 4.99. The molecule has 11 heteroatoms. The maximum absolute atomic E-state index is 13.2. The molecule has 2 saturated heterocycles. The molecule has 3 heterocycles. The summed E-state index contributed by atoms with van der Waals surface area (Å²) in [6.45, 7) is 7.66. The Hall–Kier alpha value is -2.63. The Balaban J connectivity index is 1.47. The summed E-state index contributed by atoms with van der Waals surface area (Å²) in [6.07, 6.45) is 0. The van der Waals surface area contributed by atoms with E-state index in [1.165, 1.54) is 24.6 Å². The van der Waals surface area contributed by atoms with Gasteiger partial charge in [-0.05, 0) is 26.1 Å². The lowest BCUT2D eigenvalue weighted by molar-refractivity contribution is 0.312. The van der Waals surface area contributed by atoms with Crippen molar-refractivity contribution in [1.29, 1.82) is 0 Å². The van der Waals surface area contributed by atoms with Crippen molar-refractivity contribution in [2.45, 2.75) is 11.8 Å². The maximum atomic E-state index is 13.2. The fourth-order valence-corrected chi connectivity index (χ4v) is 5.62. The number of nitrogens with zero attached hydrogens (tertiary/aromatic N) is 6. The van der Waals surface area contributed by atoms with Crippen molar-refractivity contribution in [3.8, 4) is 11.5 Å². The predicted octanol–water partition coefficient (Wildman–Crippen LogP) is 1.06. The zero-order valence-electron chi connectivity index (χ0n) is 19.7. The zero-order chi connectivity index (χ0) is 23.6. The van der Waals surface area contributed by atoms with Crippen LogP contribution in [-0.4, -0.2) is 101 Å². The van der Waals surface area contributed by atoms with Gasteiger partial charge in [0.1, 0.15) is 17.5 Å². The first-order valence-corrected chi connectivity index (χ1v) is 12.5. The van der Waals surface area contributed by atoms with Gasteiger partial charge in [-0.2, -0.15) is 4.31 Å². The molecule has 4 rings (SSSR count). The van der Waals surface area contributed by atoms with Crippen LogP contribution in [-0.2, 0) is 10.0 Å². The molecule has 180 valence electrons. The molecule has 0 bridgehead atoms. The monoisotopic (exact) mass is 476 g/mol. The second-order valence-corrected chi connectivity index (χ2v) is 10.3. The van der Waals surface area contributed by atoms with Crippen molar-refractivity contribution in [2.75, 3.05) is 83.4 Å². The molecule has 2 fully saturated rings. The summed E-state index contributed by atoms with van der Waals surface area (Å²) in [5, 5.41) is 0. The summed E-state index contributed by atoms with van der Waals surface area (Å²) in [6, 6.07) is 6.71. The summed E-state index contributed by atoms with van der Waals surface area (Å²) >= 11 is 0. The van der Waals surface area contributed by atoms with Gasteiger partial charge in [0.2, 0.25) is 10.0 Å². The van der Waals surface area contributed by atoms with Crippen molar-refractivity contribution in [3.05, 3.63) is 30.1 Å². The van der Waals surface area contributed by atoms with Crippen LogP contribution in [0.25, 0.3) is 0 Å². The maximum Gasteiger partial charge on any atom is 0.243 e. The van der Waals surface area contributed by atoms with Crippen LogP contribution in [0.1, 0.15) is 5.82 Å². The average molecular weight is 477 g/mol. The number of ether oxygens (including phenoxy) is 2. The van der Waals surface area contributed by atoms with Crippen molar-refractivity contribution in [2.24, 2.45) is 0 Å². The number of piperazine rings is 2. The summed E-state index contributed by atoms with van der Waals surface area (Å²) in [7, 11) is 1.51. The normalized spacial score (nSPS) is 18.4. The predicted molar refractivity (Wildman–Crippen MR) is 127 cm³/mol. The Bertz CT molecular complexity index is 1080. The lowest BCUT2D eigenvalue weighted by Crippen LogP contribution is -2.49. The molecule has 0 N–H and O–H groups in total. The SMILES string of the molecule is COc1ccc(S(=O)(=O)N2CCN(c3cc(N4CCN(C)CC4)nc(C)n3)CC2)cc1OC. The fourth-order valence-electron chi connectivity index (χ4n) is 4.18. The number of anilines is 2. The van der Waals surface area contributed by atoms with Gasteiger partial charge in [-0.3, -0.25) is 0 Å². The van der Waals surface area contributed by atoms with Gasteiger partial charge in [-0.25, -0.2) is 18.4 Å². The molecule has 0 amide bonds. The molecule has 0 atom stereocenters. The van der Waals surface area contributed by atoms with Gasteiger partial charge >= 0.3 is 0 Å². The zero-order valence-corrected chi connectivity index (χ0v) is 20.5. The van der Waals surface area contributed by atoms with Gasteiger partial charge in [0, 0.05) is 64.5 Å². The van der Waals surface area contributed by atoms with E-state index in [4.69, 9.17) is 9.47 Å². The number of methoxy groups -OCH3 is 2. The highest BCUT2D eigenvalue weighted by atomic mass is 32.2. The summed E-state index contributed by atoms with van der Waals surface area (Å²) < 4.78 is 38.4. The molecule has 0 spiro atoms. The molecule has 0 unspecified atom stereocenters. The van der Waals surface area contributed by atoms with Crippen LogP contribution in [0.2, 0.25) is 0 Å². The third-order valence-electron chi connectivity index (χ3n) is 6.19. The number of rotatable bonds is 6. The molecule has 0 radical (unpaired) electrons. The summed E-state index contributed by atoms with van der Waals surface area (Å²) in [5.74, 6) is 3.40. The molecule has 2 aliphatic heterocycles. The first kappa shape index (κ1) is 23.5. The van der Waals surface area contributed by atoms with Gasteiger partial charge in [0.15, 0.2) is 11.5 Å². The van der Waals surface area contributed by atoms with E-state index in [1.54, 1.807) is 12.1 Å². The van der Waals surface area contributed by atoms with E-state index < -0.39 is 10.0 Å². The standard InChI is InChI=1S/C22H32N6O4S/c1-17-23-21(26-9-7-25(2)8-10-26)16-22(24-17)27-11-13-28(14-12-27)33(29,30)18-5-6-19(31-3)20(15-18)32-4/h5-6,15-16H,7-14H2,1-4H3. The van der Waals surface area contributed by atoms with E-state index >= 15 is 0 Å². The summed E-state index contributed by atoms with van der Waals surface area (Å²) in [4.78, 5) is 16.2. The van der Waals surface area contributed by atoms with Crippen LogP contribution in [0.4, 0.5) is 11.6 Å². The first-order chi connectivity index (χ1) is 15.8. The number of likely N-dealkylation sites (N-methyl/N-ethyl adjacent to an activating group) is 1. The summed E-state index contributed by atoms with van der Waals surface area (Å²) in [5.41, 5.74) is 0. The molecule has 1 aromatic carbocycles. The number of aromatic nitrogens is 2. The molecule has 1 aromatic heterocycles. The second-order valence-electron chi connectivity index (χ2n) is 8.33. The van der Waals surface area contributed by atoms with Gasteiger partial charge in [0.25, 0.3) is 0 Å². The molecule has 0 aliphatic carbocycles. The lowest BCUT2D eigenvalue weighted by atomic mass is 10.3. The van der Waals surface area contributed by atoms with Gasteiger partial charge < -0.3 is 24.2 Å². The molecule has 2 aliphatic rings. The van der Waals surface area contributed by atoms with Gasteiger partial charge in [-0.15, -0.1) is 0 Å². The minimum atomic E-state index is -3.64. The van der Waals surface area contributed by atoms with E-state index in [1.807, 2.05) is 13.0 Å². The molecular weight excluding hydrogens is 444 g/mol. The molecular formula is C22H32N6O4S. The molecule has 2 aromatic rings. The topological polar surface area (TPSA) is 91.3 Å². The first-order valence-electron chi connectivity index (χ1n) is 11.1. The Morgan fingerprint density at radius 1 is 0.788 bits per heavy atom. The number of hydrogen-bond acceptors (Lipinski definition) is 9. The van der Waals surface area contributed by atoms with Crippen LogP contribution in [0.3, 0.4) is 0 Å². The minimum absolute atomic E-state index is 0.198. The largest absolute Gasteiger partial charge is 0.493 e. The van der Waals surface area contributed by atoms with Crippen LogP contribution >= 0.6 is 0 Å². The second kappa shape index (κ2) is 9.70. The highest BCUT2D eigenvalue weighted by molar-refractivity contribution is 7.89. The quantitative estimate of drug-likeness (QED) is 0.607. The Kier molecular flexibility index (Phi) is 6.91. The van der Waals surface area contributed by atoms with Crippen molar-refractivity contribution in [1.82, 2.24) is 19.2 Å². The van der Waals surface area contributed by atoms with Gasteiger partial charge in [-0.1, -0.05) is 0 Å². The van der Waals surface area contributed by atoms with Gasteiger partial charge in [0.05, 0.1) is 19.1 Å². The number of aryl methyl sites for hydroxylation is 1. The molecule has 10 nitrogen and oxygen atoms in total. The number of hydrogen-bond donors (Lipinski definition) is 0. The van der Waals surface area contributed by atoms with Crippen molar-refractivity contribution in [3.63, 3.8) is 0 Å². The van der Waals surface area contributed by atoms with Crippen LogP contribution in [0.5, 0.6) is 11.5 Å². The average Bonchev–Trinajstić information content (AvgIpc) is 2.83. The third-order valence-corrected chi connectivity index (χ3v) is 8.09. The number of sulfonamides is 1. The fraction of sp³-hybridized carbons (Fsp3) is 0.545. The smallest absolute Gasteiger partial charge is 0.243 e. The van der Waals surface area contributed by atoms with E-state index in [2.05, 4.69) is 31.7 Å². The van der Waals surface area contributed by atoms with Crippen LogP contribution in [0.15, 0.2) is 29.2 Å². The Morgan fingerprint density at radius 3 is 1.88 bits per heavy atom. The highest BCUT2D eigenvalue weighted by Crippen LogP contribution is 2.31. The highest BCUT2D eigenvalue weighted by Gasteiger charge is 2.30. The van der Waals surface area contributed by atoms with E-state index in [9.17, 15) is 8.42 Å². The molecule has 33 heavy (non-hydrogen) atoms. The van der Waals surface area contributed by atoms with E-state index in [-0.39, 0.29) is 4.90 Å². The van der Waals surface area contributed by atoms with E-state index in [0.717, 1.165) is 43.6 Å². The Labute approximate surface area is 195 Å². The minimum Gasteiger partial charge on any atom is -0.493 e. The van der Waals surface area contributed by atoms with Crippen molar-refractivity contribution < 1.29 is 17.9 Å². The molecule has 0 saturated carbocycles. The van der Waals surface area contributed by atoms with Crippen LogP contribution < -0.4 is 19.3 Å². The lowest BCUT2D eigenvalue weighted by Gasteiger charge is -2.36. The van der Waals surface area contributed by atoms with Crippen LogP contribution in [0, 0.1) is 6.92 Å².